The Hall–Kier alpha value is -2.79. The molecule has 2 spiro atoms. The molecule has 3 heterocycles. The Morgan fingerprint density at radius 3 is 2.59 bits per heavy atom. The number of cyclic esters (lactones) is 1. The standard InChI is InChI=1S/C31H40O10/c1-18-10-11-36-22(20(3)32)8-6-7-9-27(34)41-24-14-26-31(17-38-31)29(24,5)30(16-37-28(35)12-18)15-23(39-21(4)33)19(2)13-25(30)40-26/h6-9,12-13,20,22-26,32H,10-11,14-17H2,1-5H3/b8-6-,9-7-,18-12-/t20-,22-,23+,24-,25-,26-,29-,30-,31+/m1/s1. The van der Waals surface area contributed by atoms with Crippen molar-refractivity contribution in [3.8, 4) is 0 Å². The maximum atomic E-state index is 13.1. The molecule has 224 valence electrons. The van der Waals surface area contributed by atoms with Gasteiger partial charge in [-0.25, -0.2) is 9.59 Å². The fourth-order valence-electron chi connectivity index (χ4n) is 7.17. The normalized spacial score (nSPS) is 44.5. The molecule has 5 rings (SSSR count). The average Bonchev–Trinajstić information content (AvgIpc) is 3.67. The molecule has 10 nitrogen and oxygen atoms in total. The second kappa shape index (κ2) is 11.1. The summed E-state index contributed by atoms with van der Waals surface area (Å²) in [6.45, 7) is 9.36. The lowest BCUT2D eigenvalue weighted by atomic mass is 9.51. The Morgan fingerprint density at radius 2 is 1.90 bits per heavy atom. The van der Waals surface area contributed by atoms with Crippen LogP contribution in [0.5, 0.6) is 0 Å². The zero-order chi connectivity index (χ0) is 29.6. The highest BCUT2D eigenvalue weighted by atomic mass is 16.6. The monoisotopic (exact) mass is 572 g/mol. The van der Waals surface area contributed by atoms with E-state index in [1.807, 2.05) is 26.8 Å². The summed E-state index contributed by atoms with van der Waals surface area (Å²) in [6, 6.07) is 0. The fraction of sp³-hybridized carbons (Fsp3) is 0.645. The largest absolute Gasteiger partial charge is 0.462 e. The molecule has 1 N–H and O–H groups in total. The molecule has 2 bridgehead atoms. The molecule has 0 aromatic carbocycles. The molecule has 0 amide bonds. The summed E-state index contributed by atoms with van der Waals surface area (Å²) in [4.78, 5) is 38.2. The van der Waals surface area contributed by atoms with Crippen LogP contribution in [0.2, 0.25) is 0 Å². The molecule has 10 heteroatoms. The SMILES string of the molecule is CC(=O)O[C@H]1C[C@@]23COC(=O)/C=C(/C)CCO[C@@H]([C@@H](C)O)/C=C\C=C/C(=O)O[C@@H]4C[C@@H](O[C@@H]2C=C1C)[C@@]1(CO1)[C@]43C. The van der Waals surface area contributed by atoms with Crippen LogP contribution in [0.1, 0.15) is 53.9 Å². The minimum absolute atomic E-state index is 0.0522. The number of epoxide rings is 1. The lowest BCUT2D eigenvalue weighted by Gasteiger charge is -2.59. The number of hydrogen-bond acceptors (Lipinski definition) is 10. The van der Waals surface area contributed by atoms with Crippen LogP contribution in [-0.4, -0.2) is 85.1 Å². The van der Waals surface area contributed by atoms with Gasteiger partial charge >= 0.3 is 17.9 Å². The van der Waals surface area contributed by atoms with Crippen LogP contribution in [0, 0.1) is 10.8 Å². The van der Waals surface area contributed by atoms with E-state index in [-0.39, 0.29) is 19.3 Å². The topological polar surface area (TPSA) is 130 Å². The van der Waals surface area contributed by atoms with Gasteiger partial charge in [0, 0.05) is 31.9 Å². The lowest BCUT2D eigenvalue weighted by molar-refractivity contribution is -0.239. The predicted molar refractivity (Wildman–Crippen MR) is 145 cm³/mol. The Balaban J connectivity index is 1.55. The van der Waals surface area contributed by atoms with Crippen LogP contribution < -0.4 is 0 Å². The van der Waals surface area contributed by atoms with Crippen molar-refractivity contribution in [1.82, 2.24) is 0 Å². The van der Waals surface area contributed by atoms with E-state index in [0.29, 0.717) is 25.9 Å². The first-order valence-corrected chi connectivity index (χ1v) is 14.3. The smallest absolute Gasteiger partial charge is 0.331 e. The number of aliphatic hydroxyl groups is 1. The summed E-state index contributed by atoms with van der Waals surface area (Å²) in [5.74, 6) is -1.48. The Morgan fingerprint density at radius 1 is 1.15 bits per heavy atom. The summed E-state index contributed by atoms with van der Waals surface area (Å²) in [7, 11) is 0. The first kappa shape index (κ1) is 29.7. The van der Waals surface area contributed by atoms with E-state index in [4.69, 9.17) is 28.4 Å². The van der Waals surface area contributed by atoms with E-state index in [9.17, 15) is 19.5 Å². The van der Waals surface area contributed by atoms with Crippen LogP contribution >= 0.6 is 0 Å². The van der Waals surface area contributed by atoms with E-state index in [2.05, 4.69) is 0 Å². The zero-order valence-electron chi connectivity index (χ0n) is 24.3. The maximum Gasteiger partial charge on any atom is 0.331 e. The first-order chi connectivity index (χ1) is 19.4. The van der Waals surface area contributed by atoms with Crippen LogP contribution in [0.3, 0.4) is 0 Å². The van der Waals surface area contributed by atoms with E-state index in [1.54, 1.807) is 25.2 Å². The van der Waals surface area contributed by atoms with Gasteiger partial charge in [-0.15, -0.1) is 0 Å². The molecule has 3 fully saturated rings. The van der Waals surface area contributed by atoms with Crippen molar-refractivity contribution in [2.45, 2.75) is 96.1 Å². The summed E-state index contributed by atoms with van der Waals surface area (Å²) in [5.41, 5.74) is -0.846. The van der Waals surface area contributed by atoms with Gasteiger partial charge in [-0.3, -0.25) is 4.79 Å². The van der Waals surface area contributed by atoms with E-state index in [0.717, 1.165) is 11.1 Å². The summed E-state index contributed by atoms with van der Waals surface area (Å²) < 4.78 is 36.3. The molecule has 3 aliphatic heterocycles. The van der Waals surface area contributed by atoms with Crippen molar-refractivity contribution in [2.75, 3.05) is 19.8 Å². The number of esters is 3. The fourth-order valence-corrected chi connectivity index (χ4v) is 7.17. The van der Waals surface area contributed by atoms with Gasteiger partial charge in [0.2, 0.25) is 0 Å². The van der Waals surface area contributed by atoms with E-state index < -0.39 is 64.9 Å². The molecule has 1 saturated carbocycles. The molecule has 5 aliphatic rings. The molecule has 2 aliphatic carbocycles. The highest BCUT2D eigenvalue weighted by Crippen LogP contribution is 2.72. The van der Waals surface area contributed by atoms with Crippen molar-refractivity contribution in [1.29, 1.82) is 0 Å². The van der Waals surface area contributed by atoms with Crippen molar-refractivity contribution >= 4 is 17.9 Å². The molecule has 0 radical (unpaired) electrons. The first-order valence-electron chi connectivity index (χ1n) is 14.3. The number of rotatable bonds is 2. The quantitative estimate of drug-likeness (QED) is 0.228. The van der Waals surface area contributed by atoms with Gasteiger partial charge in [-0.1, -0.05) is 36.8 Å². The third-order valence-corrected chi connectivity index (χ3v) is 9.62. The van der Waals surface area contributed by atoms with E-state index in [1.165, 1.54) is 19.1 Å². The van der Waals surface area contributed by atoms with Gasteiger partial charge in [-0.2, -0.15) is 0 Å². The number of carbonyl (C=O) groups excluding carboxylic acids is 3. The van der Waals surface area contributed by atoms with Gasteiger partial charge in [-0.05, 0) is 32.8 Å². The highest BCUT2D eigenvalue weighted by molar-refractivity contribution is 5.83. The Kier molecular flexibility index (Phi) is 8.06. The second-order valence-electron chi connectivity index (χ2n) is 12.1. The van der Waals surface area contributed by atoms with Crippen LogP contribution in [0.15, 0.2) is 47.6 Å². The number of ether oxygens (including phenoxy) is 6. The number of aliphatic hydroxyl groups excluding tert-OH is 1. The molecular formula is C31H40O10. The highest BCUT2D eigenvalue weighted by Gasteiger charge is 2.83. The molecule has 9 atom stereocenters. The summed E-state index contributed by atoms with van der Waals surface area (Å²) in [6.07, 6.45) is 7.43. The van der Waals surface area contributed by atoms with Crippen LogP contribution in [0.4, 0.5) is 0 Å². The van der Waals surface area contributed by atoms with Crippen LogP contribution in [0.25, 0.3) is 0 Å². The minimum atomic E-state index is -0.916. The maximum absolute atomic E-state index is 13.1. The van der Waals surface area contributed by atoms with Gasteiger partial charge in [0.1, 0.15) is 30.5 Å². The number of hydrogen-bond donors (Lipinski definition) is 1. The van der Waals surface area contributed by atoms with Gasteiger partial charge in [0.15, 0.2) is 0 Å². The molecule has 2 saturated heterocycles. The van der Waals surface area contributed by atoms with Crippen molar-refractivity contribution in [2.24, 2.45) is 10.8 Å². The van der Waals surface area contributed by atoms with E-state index >= 15 is 0 Å². The molecule has 0 unspecified atom stereocenters. The Labute approximate surface area is 240 Å². The summed E-state index contributed by atoms with van der Waals surface area (Å²) in [5, 5.41) is 10.1. The third-order valence-electron chi connectivity index (χ3n) is 9.62. The third kappa shape index (κ3) is 5.20. The summed E-state index contributed by atoms with van der Waals surface area (Å²) >= 11 is 0. The molecule has 0 aromatic rings. The molecule has 0 aromatic heterocycles. The molecular weight excluding hydrogens is 532 g/mol. The van der Waals surface area contributed by atoms with Crippen molar-refractivity contribution < 1.29 is 47.9 Å². The predicted octanol–water partition coefficient (Wildman–Crippen LogP) is 2.88. The average molecular weight is 573 g/mol. The van der Waals surface area contributed by atoms with Crippen LogP contribution in [-0.2, 0) is 42.8 Å². The van der Waals surface area contributed by atoms with Gasteiger partial charge in [0.05, 0.1) is 42.4 Å². The molecule has 41 heavy (non-hydrogen) atoms. The Bertz CT molecular complexity index is 1190. The lowest BCUT2D eigenvalue weighted by Crippen LogP contribution is -2.68. The number of carbonyl (C=O) groups is 3. The second-order valence-corrected chi connectivity index (χ2v) is 12.1. The minimum Gasteiger partial charge on any atom is -0.462 e. The number of allylic oxidation sites excluding steroid dienone is 2. The van der Waals surface area contributed by atoms with Crippen molar-refractivity contribution in [3.05, 3.63) is 47.6 Å². The zero-order valence-corrected chi connectivity index (χ0v) is 24.3. The van der Waals surface area contributed by atoms with Gasteiger partial charge in [0.25, 0.3) is 0 Å². The van der Waals surface area contributed by atoms with Gasteiger partial charge < -0.3 is 33.5 Å². The van der Waals surface area contributed by atoms with Crippen molar-refractivity contribution in [3.63, 3.8) is 0 Å².